The van der Waals surface area contributed by atoms with Crippen LogP contribution < -0.4 is 4.74 Å². The SMILES string of the molecule is O=C(O)[C@@H]1CC[C@H](c2ccccc2Cl)N1C(=O)c1ccc(OC(F)(F)F)cc1.O=C(O)[C@@H]1CC[C@H](c2ccccc2Cl)N1C(=O)c1cnc(-c2ccccc2)nc1. The molecule has 2 saturated heterocycles. The van der Waals surface area contributed by atoms with Crippen LogP contribution in [0.15, 0.2) is 116 Å². The minimum Gasteiger partial charge on any atom is -0.480 e. The highest BCUT2D eigenvalue weighted by atomic mass is 35.5. The predicted octanol–water partition coefficient (Wildman–Crippen LogP) is 8.90. The minimum atomic E-state index is -4.84. The maximum absolute atomic E-state index is 13.2. The van der Waals surface area contributed by atoms with Crippen molar-refractivity contribution in [3.63, 3.8) is 0 Å². The number of aliphatic carboxylic acids is 2. The molecular formula is C41H33Cl2F3N4O7. The Kier molecular flexibility index (Phi) is 12.4. The standard InChI is InChI=1S/C22H18ClN3O3.C19H15ClF3NO4/c23-17-9-5-4-8-16(17)18-10-11-19(22(28)29)26(18)21(27)15-12-24-20(25-13-15)14-6-2-1-3-7-14;20-14-4-2-1-3-13(14)15-9-10-16(18(26)27)24(15)17(25)11-5-7-12(8-6-11)28-19(21,22)23/h1-9,12-13,18-19H,10-11H2,(H,28,29);1-8,15-16H,9-10H2,(H,26,27)/t18-,19+;15-,16+/m11/s1. The number of halogens is 5. The lowest BCUT2D eigenvalue weighted by atomic mass is 10.0. The molecule has 2 fully saturated rings. The molecule has 0 aliphatic carbocycles. The van der Waals surface area contributed by atoms with Crippen molar-refractivity contribution in [1.29, 1.82) is 0 Å². The van der Waals surface area contributed by atoms with Crippen molar-refractivity contribution < 1.29 is 47.3 Å². The number of aromatic nitrogens is 2. The Bertz CT molecular complexity index is 2250. The van der Waals surface area contributed by atoms with Gasteiger partial charge in [-0.05, 0) is 73.2 Å². The first-order valence-electron chi connectivity index (χ1n) is 17.6. The highest BCUT2D eigenvalue weighted by Crippen LogP contribution is 2.41. The van der Waals surface area contributed by atoms with Gasteiger partial charge in [0.1, 0.15) is 17.8 Å². The van der Waals surface area contributed by atoms with E-state index in [4.69, 9.17) is 23.2 Å². The molecule has 5 aromatic rings. The fourth-order valence-corrected chi connectivity index (χ4v) is 7.57. The van der Waals surface area contributed by atoms with E-state index in [-0.39, 0.29) is 17.5 Å². The Morgan fingerprint density at radius 3 is 1.49 bits per heavy atom. The second-order valence-corrected chi connectivity index (χ2v) is 13.9. The summed E-state index contributed by atoms with van der Waals surface area (Å²) in [6.07, 6.45) is -0.426. The van der Waals surface area contributed by atoms with Crippen LogP contribution in [-0.2, 0) is 9.59 Å². The van der Waals surface area contributed by atoms with E-state index in [2.05, 4.69) is 14.7 Å². The van der Waals surface area contributed by atoms with E-state index >= 15 is 0 Å². The number of amides is 2. The number of benzene rings is 4. The van der Waals surface area contributed by atoms with E-state index < -0.39 is 60.0 Å². The first-order chi connectivity index (χ1) is 27.2. The molecule has 2 aliphatic heterocycles. The number of hydrogen-bond donors (Lipinski definition) is 2. The third-order valence-electron chi connectivity index (χ3n) is 9.60. The van der Waals surface area contributed by atoms with Crippen molar-refractivity contribution in [1.82, 2.24) is 19.8 Å². The van der Waals surface area contributed by atoms with Crippen molar-refractivity contribution >= 4 is 47.0 Å². The van der Waals surface area contributed by atoms with Crippen molar-refractivity contribution in [3.05, 3.63) is 148 Å². The van der Waals surface area contributed by atoms with Crippen LogP contribution in [0.4, 0.5) is 13.2 Å². The maximum atomic E-state index is 13.2. The van der Waals surface area contributed by atoms with Crippen LogP contribution in [0.1, 0.15) is 69.6 Å². The monoisotopic (exact) mass is 820 g/mol. The average molecular weight is 822 g/mol. The van der Waals surface area contributed by atoms with Gasteiger partial charge in [0.25, 0.3) is 11.8 Å². The van der Waals surface area contributed by atoms with Gasteiger partial charge in [0, 0.05) is 33.6 Å². The molecule has 7 rings (SSSR count). The van der Waals surface area contributed by atoms with Crippen LogP contribution in [0.3, 0.4) is 0 Å². The van der Waals surface area contributed by atoms with Gasteiger partial charge in [0.15, 0.2) is 5.82 Å². The van der Waals surface area contributed by atoms with Crippen LogP contribution >= 0.6 is 23.2 Å². The second-order valence-electron chi connectivity index (χ2n) is 13.1. The van der Waals surface area contributed by atoms with E-state index in [1.165, 1.54) is 34.3 Å². The lowest BCUT2D eigenvalue weighted by Crippen LogP contribution is -2.42. The Hall–Kier alpha value is -5.99. The van der Waals surface area contributed by atoms with Crippen molar-refractivity contribution in [2.75, 3.05) is 0 Å². The number of hydrogen-bond acceptors (Lipinski definition) is 7. The third kappa shape index (κ3) is 9.35. The number of likely N-dealkylation sites (tertiary alicyclic amines) is 2. The number of nitrogens with zero attached hydrogens (tertiary/aromatic N) is 4. The molecule has 0 spiro atoms. The largest absolute Gasteiger partial charge is 0.573 e. The van der Waals surface area contributed by atoms with Gasteiger partial charge in [0.2, 0.25) is 0 Å². The van der Waals surface area contributed by atoms with Gasteiger partial charge in [-0.2, -0.15) is 0 Å². The fourth-order valence-electron chi connectivity index (χ4n) is 7.05. The number of carbonyl (C=O) groups is 4. The van der Waals surface area contributed by atoms with E-state index in [9.17, 15) is 42.6 Å². The molecule has 4 atom stereocenters. The highest BCUT2D eigenvalue weighted by Gasteiger charge is 2.44. The van der Waals surface area contributed by atoms with Gasteiger partial charge in [0.05, 0.1) is 17.6 Å². The van der Waals surface area contributed by atoms with Crippen molar-refractivity contribution in [2.45, 2.75) is 56.2 Å². The zero-order valence-electron chi connectivity index (χ0n) is 29.7. The second kappa shape index (κ2) is 17.4. The molecule has 3 heterocycles. The summed E-state index contributed by atoms with van der Waals surface area (Å²) in [5, 5.41) is 20.1. The molecule has 11 nitrogen and oxygen atoms in total. The predicted molar refractivity (Wildman–Crippen MR) is 203 cm³/mol. The molecule has 0 saturated carbocycles. The molecule has 2 N–H and O–H groups in total. The number of carboxylic acid groups (broad SMARTS) is 2. The van der Waals surface area contributed by atoms with E-state index in [1.807, 2.05) is 42.5 Å². The zero-order chi connectivity index (χ0) is 40.9. The van der Waals surface area contributed by atoms with E-state index in [1.54, 1.807) is 36.4 Å². The molecule has 4 aromatic carbocycles. The molecule has 2 amide bonds. The maximum Gasteiger partial charge on any atom is 0.573 e. The molecule has 0 radical (unpaired) electrons. The lowest BCUT2D eigenvalue weighted by Gasteiger charge is -2.29. The van der Waals surface area contributed by atoms with Gasteiger partial charge in [-0.15, -0.1) is 13.2 Å². The highest BCUT2D eigenvalue weighted by molar-refractivity contribution is 6.31. The van der Waals surface area contributed by atoms with E-state index in [0.717, 1.165) is 23.3 Å². The third-order valence-corrected chi connectivity index (χ3v) is 10.3. The summed E-state index contributed by atoms with van der Waals surface area (Å²) in [7, 11) is 0. The summed E-state index contributed by atoms with van der Waals surface area (Å²) in [6.45, 7) is 0. The Balaban J connectivity index is 0.000000193. The fraction of sp³-hybridized carbons (Fsp3) is 0.220. The van der Waals surface area contributed by atoms with Gasteiger partial charge in [-0.3, -0.25) is 9.59 Å². The van der Waals surface area contributed by atoms with Crippen LogP contribution in [0.25, 0.3) is 11.4 Å². The normalized spacial score (nSPS) is 19.0. The zero-order valence-corrected chi connectivity index (χ0v) is 31.2. The van der Waals surface area contributed by atoms with Gasteiger partial charge in [-0.25, -0.2) is 19.6 Å². The summed E-state index contributed by atoms with van der Waals surface area (Å²) < 4.78 is 40.7. The summed E-state index contributed by atoms with van der Waals surface area (Å²) >= 11 is 12.5. The summed E-state index contributed by atoms with van der Waals surface area (Å²) in [5.74, 6) is -3.17. The molecule has 2 aliphatic rings. The van der Waals surface area contributed by atoms with Crippen LogP contribution in [0, 0.1) is 0 Å². The lowest BCUT2D eigenvalue weighted by molar-refractivity contribution is -0.274. The Morgan fingerprint density at radius 2 is 1.05 bits per heavy atom. The van der Waals surface area contributed by atoms with E-state index in [0.29, 0.717) is 40.7 Å². The molecule has 57 heavy (non-hydrogen) atoms. The molecular weight excluding hydrogens is 788 g/mol. The molecule has 294 valence electrons. The van der Waals surface area contributed by atoms with Gasteiger partial charge < -0.3 is 24.7 Å². The van der Waals surface area contributed by atoms with Crippen LogP contribution in [-0.4, -0.2) is 72.2 Å². The first-order valence-corrected chi connectivity index (χ1v) is 18.3. The number of carboxylic acids is 2. The molecule has 16 heteroatoms. The topological polar surface area (TPSA) is 150 Å². The summed E-state index contributed by atoms with van der Waals surface area (Å²) in [4.78, 5) is 60.9. The van der Waals surface area contributed by atoms with Crippen LogP contribution in [0.5, 0.6) is 5.75 Å². The Labute approximate surface area is 334 Å². The molecule has 0 bridgehead atoms. The summed E-state index contributed by atoms with van der Waals surface area (Å²) in [6, 6.07) is 24.9. The van der Waals surface area contributed by atoms with Gasteiger partial charge >= 0.3 is 18.3 Å². The van der Waals surface area contributed by atoms with Crippen molar-refractivity contribution in [2.24, 2.45) is 0 Å². The van der Waals surface area contributed by atoms with Crippen LogP contribution in [0.2, 0.25) is 10.0 Å². The number of carbonyl (C=O) groups excluding carboxylic acids is 2. The number of ether oxygens (including phenoxy) is 1. The number of alkyl halides is 3. The quantitative estimate of drug-likeness (QED) is 0.156. The summed E-state index contributed by atoms with van der Waals surface area (Å²) in [5.41, 5.74) is 2.51. The Morgan fingerprint density at radius 1 is 0.614 bits per heavy atom. The van der Waals surface area contributed by atoms with Gasteiger partial charge in [-0.1, -0.05) is 89.9 Å². The smallest absolute Gasteiger partial charge is 0.480 e. The molecule has 1 aromatic heterocycles. The number of rotatable bonds is 8. The van der Waals surface area contributed by atoms with Crippen molar-refractivity contribution in [3.8, 4) is 17.1 Å². The molecule has 0 unspecified atom stereocenters. The minimum absolute atomic E-state index is 0.0553. The average Bonchev–Trinajstić information content (AvgIpc) is 3.84. The first kappa shape index (κ1) is 40.7.